The Morgan fingerprint density at radius 1 is 0.882 bits per heavy atom. The van der Waals surface area contributed by atoms with Crippen molar-refractivity contribution in [1.82, 2.24) is 0 Å². The Balaban J connectivity index is 0.00000196. The van der Waals surface area contributed by atoms with Crippen molar-refractivity contribution in [2.75, 3.05) is 13.7 Å². The summed E-state index contributed by atoms with van der Waals surface area (Å²) in [6.07, 6.45) is 15.8. The van der Waals surface area contributed by atoms with Crippen molar-refractivity contribution in [3.05, 3.63) is 11.8 Å². The van der Waals surface area contributed by atoms with Crippen LogP contribution in [0.15, 0.2) is 11.8 Å². The first kappa shape index (κ1) is 33.3. The van der Waals surface area contributed by atoms with Gasteiger partial charge in [0.25, 0.3) is 0 Å². The second-order valence-electron chi connectivity index (χ2n) is 7.33. The minimum absolute atomic E-state index is 0.000358. The topological polar surface area (TPSA) is 170 Å². The van der Waals surface area contributed by atoms with E-state index in [1.54, 1.807) is 0 Å². The summed E-state index contributed by atoms with van der Waals surface area (Å²) >= 11 is 0. The first-order valence-corrected chi connectivity index (χ1v) is 12.9. The Morgan fingerprint density at radius 3 is 2.18 bits per heavy atom. The van der Waals surface area contributed by atoms with Crippen molar-refractivity contribution in [1.29, 1.82) is 0 Å². The predicted octanol–water partition coefficient (Wildman–Crippen LogP) is 4.53. The third-order valence-corrected chi connectivity index (χ3v) is 4.46. The summed E-state index contributed by atoms with van der Waals surface area (Å²) in [6.45, 7) is 2.33. The third-order valence-electron chi connectivity index (χ3n) is 4.46. The maximum Gasteiger partial charge on any atom is 0.466 e. The molecule has 0 amide bonds. The first-order valence-electron chi connectivity index (χ1n) is 11.3. The van der Waals surface area contributed by atoms with Gasteiger partial charge in [-0.1, -0.05) is 58.3 Å². The largest absolute Gasteiger partial charge is 0.466 e. The van der Waals surface area contributed by atoms with Crippen LogP contribution >= 0.6 is 7.82 Å². The fourth-order valence-electron chi connectivity index (χ4n) is 2.91. The van der Waals surface area contributed by atoms with E-state index >= 15 is 0 Å². The zero-order valence-corrected chi connectivity index (χ0v) is 20.7. The summed E-state index contributed by atoms with van der Waals surface area (Å²) in [5, 5.41) is 25.7. The molecule has 0 saturated heterocycles. The summed E-state index contributed by atoms with van der Waals surface area (Å²) in [5.41, 5.74) is 0. The highest BCUT2D eigenvalue weighted by Crippen LogP contribution is 2.25. The molecule has 0 aliphatic heterocycles. The summed E-state index contributed by atoms with van der Waals surface area (Å²) in [4.78, 5) is 40.8. The van der Waals surface area contributed by atoms with Gasteiger partial charge in [0.05, 0.1) is 19.8 Å². The predicted molar refractivity (Wildman–Crippen MR) is 113 cm³/mol. The Bertz CT molecular complexity index is 501. The molecule has 1 fully saturated rings. The Hall–Kier alpha value is -0.710. The molecule has 1 rings (SSSR count). The van der Waals surface area contributed by atoms with E-state index in [0.717, 1.165) is 38.5 Å². The van der Waals surface area contributed by atoms with Gasteiger partial charge in [0, 0.05) is 6.42 Å². The van der Waals surface area contributed by atoms with Crippen molar-refractivity contribution >= 4 is 7.82 Å². The molecule has 1 aliphatic carbocycles. The van der Waals surface area contributed by atoms with Gasteiger partial charge in [0.1, 0.15) is 5.76 Å². The number of unbranched alkanes of at least 4 members (excludes halogenated alkanes) is 6. The van der Waals surface area contributed by atoms with Gasteiger partial charge in [0.15, 0.2) is 0 Å². The molecule has 14 nitrogen and oxygen atoms in total. The minimum atomic E-state index is -4.64. The zero-order valence-electron chi connectivity index (χ0n) is 19.8. The van der Waals surface area contributed by atoms with E-state index in [0.29, 0.717) is 12.2 Å². The lowest BCUT2D eigenvalue weighted by atomic mass is 9.98. The Morgan fingerprint density at radius 2 is 1.50 bits per heavy atom. The summed E-state index contributed by atoms with van der Waals surface area (Å²) in [5.74, 6) is 0.561. The molecule has 3 N–H and O–H groups in total. The lowest BCUT2D eigenvalue weighted by molar-refractivity contribution is -0.792. The van der Waals surface area contributed by atoms with Crippen molar-refractivity contribution in [3.8, 4) is 0 Å². The molecule has 0 spiro atoms. The molecular formula is C19H39O14P. The molecule has 0 bridgehead atoms. The fourth-order valence-corrected chi connectivity index (χ4v) is 2.91. The smallest absolute Gasteiger partial charge is 0.313 e. The van der Waals surface area contributed by atoms with Crippen LogP contribution in [0.2, 0.25) is 0 Å². The van der Waals surface area contributed by atoms with Crippen molar-refractivity contribution in [3.63, 3.8) is 0 Å². The molecule has 1 saturated carbocycles. The van der Waals surface area contributed by atoms with E-state index in [1.807, 2.05) is 6.08 Å². The van der Waals surface area contributed by atoms with Crippen LogP contribution in [0.3, 0.4) is 0 Å². The maximum absolute atomic E-state index is 8.88. The quantitative estimate of drug-likeness (QED) is 0.0669. The highest BCUT2D eigenvalue weighted by molar-refractivity contribution is 7.45. The molecular weight excluding hydrogens is 483 g/mol. The number of rotatable bonds is 20. The lowest BCUT2D eigenvalue weighted by Crippen LogP contribution is -2.17. The van der Waals surface area contributed by atoms with Crippen LogP contribution in [0, 0.1) is 0 Å². The van der Waals surface area contributed by atoms with E-state index in [-0.39, 0.29) is 12.7 Å². The molecule has 0 heterocycles. The van der Waals surface area contributed by atoms with Crippen LogP contribution in [-0.2, 0) is 54.3 Å². The van der Waals surface area contributed by atoms with Crippen molar-refractivity contribution < 1.29 is 69.0 Å². The van der Waals surface area contributed by atoms with Crippen molar-refractivity contribution in [2.45, 2.75) is 96.5 Å². The van der Waals surface area contributed by atoms with Gasteiger partial charge in [0.2, 0.25) is 0 Å². The summed E-state index contributed by atoms with van der Waals surface area (Å²) in [7, 11) is -3.28. The first-order chi connectivity index (χ1) is 16.4. The van der Waals surface area contributed by atoms with E-state index in [2.05, 4.69) is 42.0 Å². The van der Waals surface area contributed by atoms with Gasteiger partial charge < -0.3 is 19.6 Å². The summed E-state index contributed by atoms with van der Waals surface area (Å²) < 4.78 is 8.88. The molecule has 1 aliphatic rings. The molecule has 0 radical (unpaired) electrons. The lowest BCUT2D eigenvalue weighted by Gasteiger charge is -2.18. The van der Waals surface area contributed by atoms with Crippen LogP contribution in [0.1, 0.15) is 90.4 Å². The van der Waals surface area contributed by atoms with Gasteiger partial charge in [-0.3, -0.25) is 0 Å². The molecule has 0 atom stereocenters. The number of phosphoric acid groups is 1. The van der Waals surface area contributed by atoms with Crippen LogP contribution in [0.25, 0.3) is 0 Å². The Kier molecular flexibility index (Phi) is 23.5. The Labute approximate surface area is 199 Å². The average molecular weight is 522 g/mol. The van der Waals surface area contributed by atoms with Crippen LogP contribution in [0.5, 0.6) is 0 Å². The van der Waals surface area contributed by atoms with Crippen LogP contribution in [0.4, 0.5) is 0 Å². The molecule has 15 heteroatoms. The van der Waals surface area contributed by atoms with Crippen LogP contribution < -0.4 is 0 Å². The normalized spacial score (nSPS) is 15.1. The standard InChI is InChI=1S/C19H36O10.H3O4P/c1-3-4-5-6-7-8-10-15-19(22-24-20-2)16-17-21-25-27-29-28-26-23-18-13-11-9-12-14-18;1-5(2,3)4/h15,18H,3-14,16-17H2,1-2H3;(H3,1,2,3,4). The SMILES string of the molecule is CCCCCCCCC=C(CCOOOOOOOC1CCCCC1)OOOC.O=P(O)(O)O. The van der Waals surface area contributed by atoms with Gasteiger partial charge >= 0.3 is 7.82 Å². The third kappa shape index (κ3) is 27.5. The number of allylic oxidation sites excluding steroid dienone is 1. The van der Waals surface area contributed by atoms with E-state index in [4.69, 9.17) is 33.9 Å². The highest BCUT2D eigenvalue weighted by Gasteiger charge is 2.15. The summed E-state index contributed by atoms with van der Waals surface area (Å²) in [6, 6.07) is 0. The molecule has 0 unspecified atom stereocenters. The molecule has 34 heavy (non-hydrogen) atoms. The van der Waals surface area contributed by atoms with Gasteiger partial charge in [-0.25, -0.2) is 14.3 Å². The monoisotopic (exact) mass is 522 g/mol. The highest BCUT2D eigenvalue weighted by atomic mass is 31.2. The number of hydrogen-bond acceptors (Lipinski definition) is 11. The zero-order chi connectivity index (χ0) is 25.3. The molecule has 204 valence electrons. The van der Waals surface area contributed by atoms with Crippen LogP contribution in [-0.4, -0.2) is 34.5 Å². The maximum atomic E-state index is 8.88. The second-order valence-corrected chi connectivity index (χ2v) is 8.35. The second kappa shape index (κ2) is 24.0. The fraction of sp³-hybridized carbons (Fsp3) is 0.895. The van der Waals surface area contributed by atoms with Gasteiger partial charge in [-0.2, -0.15) is 4.89 Å². The number of hydrogen-bond donors (Lipinski definition) is 3. The molecule has 0 aromatic rings. The van der Waals surface area contributed by atoms with E-state index < -0.39 is 7.82 Å². The minimum Gasteiger partial charge on any atom is -0.313 e. The molecule has 0 aromatic carbocycles. The van der Waals surface area contributed by atoms with Crippen molar-refractivity contribution in [2.24, 2.45) is 0 Å². The van der Waals surface area contributed by atoms with Gasteiger partial charge in [-0.15, -0.1) is 0 Å². The average Bonchev–Trinajstić information content (AvgIpc) is 2.80. The molecule has 0 aromatic heterocycles. The van der Waals surface area contributed by atoms with E-state index in [1.165, 1.54) is 45.6 Å². The van der Waals surface area contributed by atoms with Gasteiger partial charge in [-0.05, 0) is 62.0 Å². The van der Waals surface area contributed by atoms with E-state index in [9.17, 15) is 0 Å².